The van der Waals surface area contributed by atoms with Gasteiger partial charge in [-0.15, -0.1) is 0 Å². The molecule has 0 N–H and O–H groups in total. The normalized spacial score (nSPS) is 37.7. The van der Waals surface area contributed by atoms with Crippen molar-refractivity contribution >= 4 is 11.9 Å². The van der Waals surface area contributed by atoms with Crippen molar-refractivity contribution in [3.8, 4) is 0 Å². The maximum atomic E-state index is 10.7. The number of rotatable bonds is 2. The molecule has 0 bridgehead atoms. The molecule has 2 rings (SSSR count). The van der Waals surface area contributed by atoms with Gasteiger partial charge in [0.05, 0.1) is 0 Å². The quantitative estimate of drug-likeness (QED) is 0.650. The first-order valence-corrected chi connectivity index (χ1v) is 5.34. The number of carbonyl (C=O) groups excluding carboxylic acids is 2. The van der Waals surface area contributed by atoms with Crippen LogP contribution >= 0.6 is 0 Å². The maximum Gasteiger partial charge on any atom is 0.302 e. The molecule has 0 aromatic carbocycles. The van der Waals surface area contributed by atoms with Crippen LogP contribution in [-0.2, 0) is 19.1 Å². The van der Waals surface area contributed by atoms with E-state index in [2.05, 4.69) is 0 Å². The lowest BCUT2D eigenvalue weighted by Gasteiger charge is -2.56. The second-order valence-electron chi connectivity index (χ2n) is 4.78. The molecule has 0 aromatic heterocycles. The summed E-state index contributed by atoms with van der Waals surface area (Å²) in [6, 6.07) is 0. The Morgan fingerprint density at radius 1 is 0.933 bits per heavy atom. The van der Waals surface area contributed by atoms with E-state index in [1.807, 2.05) is 0 Å². The molecular weight excluding hydrogens is 196 g/mol. The predicted molar refractivity (Wildman–Crippen MR) is 52.0 cm³/mol. The Morgan fingerprint density at radius 3 is 1.53 bits per heavy atom. The molecule has 2 fully saturated rings. The van der Waals surface area contributed by atoms with Crippen LogP contribution in [0, 0.1) is 5.41 Å². The molecule has 4 heteroatoms. The van der Waals surface area contributed by atoms with Crippen molar-refractivity contribution in [3.05, 3.63) is 0 Å². The SMILES string of the molecule is CC(=O)OC1CC2(C1)CC(OC(C)=O)C2. The average molecular weight is 212 g/mol. The van der Waals surface area contributed by atoms with Crippen LogP contribution in [0.5, 0.6) is 0 Å². The molecule has 0 saturated heterocycles. The number of ether oxygens (including phenoxy) is 2. The molecule has 0 amide bonds. The molecule has 4 nitrogen and oxygen atoms in total. The minimum atomic E-state index is -0.203. The first kappa shape index (κ1) is 10.5. The summed E-state index contributed by atoms with van der Waals surface area (Å²) in [5, 5.41) is 0. The van der Waals surface area contributed by atoms with Crippen LogP contribution < -0.4 is 0 Å². The van der Waals surface area contributed by atoms with Gasteiger partial charge in [-0.05, 0) is 31.1 Å². The lowest BCUT2D eigenvalue weighted by molar-refractivity contribution is -0.189. The van der Waals surface area contributed by atoms with Crippen molar-refractivity contribution in [2.75, 3.05) is 0 Å². The van der Waals surface area contributed by atoms with E-state index in [0.29, 0.717) is 5.41 Å². The molecule has 84 valence electrons. The fraction of sp³-hybridized carbons (Fsp3) is 0.818. The highest BCUT2D eigenvalue weighted by molar-refractivity contribution is 5.66. The van der Waals surface area contributed by atoms with Gasteiger partial charge in [-0.1, -0.05) is 0 Å². The second kappa shape index (κ2) is 3.51. The third-order valence-corrected chi connectivity index (χ3v) is 3.31. The molecule has 0 aromatic rings. The zero-order valence-corrected chi connectivity index (χ0v) is 9.12. The van der Waals surface area contributed by atoms with Crippen molar-refractivity contribution in [2.24, 2.45) is 5.41 Å². The van der Waals surface area contributed by atoms with Gasteiger partial charge in [-0.2, -0.15) is 0 Å². The Morgan fingerprint density at radius 2 is 1.27 bits per heavy atom. The van der Waals surface area contributed by atoms with Gasteiger partial charge in [0, 0.05) is 13.8 Å². The van der Waals surface area contributed by atoms with Crippen LogP contribution in [0.3, 0.4) is 0 Å². The standard InChI is InChI=1S/C11H16O4/c1-7(12)14-9-3-11(4-9)5-10(6-11)15-8(2)13/h9-10H,3-6H2,1-2H3. The Kier molecular flexibility index (Phi) is 2.44. The summed E-state index contributed by atoms with van der Waals surface area (Å²) in [6.07, 6.45) is 3.94. The third kappa shape index (κ3) is 2.13. The minimum Gasteiger partial charge on any atom is -0.463 e. The van der Waals surface area contributed by atoms with E-state index in [9.17, 15) is 9.59 Å². The zero-order chi connectivity index (χ0) is 11.1. The summed E-state index contributed by atoms with van der Waals surface area (Å²) in [5.41, 5.74) is 0.306. The first-order valence-electron chi connectivity index (χ1n) is 5.34. The lowest BCUT2D eigenvalue weighted by atomic mass is 9.53. The van der Waals surface area contributed by atoms with Gasteiger partial charge in [-0.25, -0.2) is 0 Å². The molecule has 0 atom stereocenters. The van der Waals surface area contributed by atoms with Crippen molar-refractivity contribution in [1.29, 1.82) is 0 Å². The van der Waals surface area contributed by atoms with Gasteiger partial charge in [-0.3, -0.25) is 9.59 Å². The van der Waals surface area contributed by atoms with Crippen molar-refractivity contribution in [1.82, 2.24) is 0 Å². The monoisotopic (exact) mass is 212 g/mol. The minimum absolute atomic E-state index is 0.0979. The fourth-order valence-corrected chi connectivity index (χ4v) is 2.78. The van der Waals surface area contributed by atoms with E-state index < -0.39 is 0 Å². The lowest BCUT2D eigenvalue weighted by Crippen LogP contribution is -2.54. The third-order valence-electron chi connectivity index (χ3n) is 3.31. The summed E-state index contributed by atoms with van der Waals surface area (Å²) in [4.78, 5) is 21.4. The summed E-state index contributed by atoms with van der Waals surface area (Å²) < 4.78 is 10.2. The van der Waals surface area contributed by atoms with Crippen LogP contribution in [-0.4, -0.2) is 24.1 Å². The van der Waals surface area contributed by atoms with E-state index in [1.54, 1.807) is 0 Å². The Hall–Kier alpha value is -1.06. The molecule has 0 radical (unpaired) electrons. The van der Waals surface area contributed by atoms with Crippen LogP contribution in [0.25, 0.3) is 0 Å². The Balaban J connectivity index is 1.68. The summed E-state index contributed by atoms with van der Waals surface area (Å²) in [5.74, 6) is -0.406. The van der Waals surface area contributed by atoms with Gasteiger partial charge < -0.3 is 9.47 Å². The molecular formula is C11H16O4. The Bertz CT molecular complexity index is 251. The molecule has 1 spiro atoms. The molecule has 0 unspecified atom stereocenters. The van der Waals surface area contributed by atoms with E-state index in [-0.39, 0.29) is 24.1 Å². The molecule has 15 heavy (non-hydrogen) atoms. The molecule has 2 aliphatic rings. The molecule has 0 aliphatic heterocycles. The van der Waals surface area contributed by atoms with Gasteiger partial charge in [0.25, 0.3) is 0 Å². The largest absolute Gasteiger partial charge is 0.463 e. The fourth-order valence-electron chi connectivity index (χ4n) is 2.78. The van der Waals surface area contributed by atoms with Crippen LogP contribution in [0.4, 0.5) is 0 Å². The van der Waals surface area contributed by atoms with Crippen LogP contribution in [0.1, 0.15) is 39.5 Å². The number of carbonyl (C=O) groups is 2. The molecule has 2 aliphatic carbocycles. The summed E-state index contributed by atoms with van der Waals surface area (Å²) >= 11 is 0. The highest BCUT2D eigenvalue weighted by atomic mass is 16.5. The van der Waals surface area contributed by atoms with Crippen LogP contribution in [0.15, 0.2) is 0 Å². The topological polar surface area (TPSA) is 52.6 Å². The van der Waals surface area contributed by atoms with E-state index in [1.165, 1.54) is 13.8 Å². The van der Waals surface area contributed by atoms with Gasteiger partial charge in [0.15, 0.2) is 0 Å². The van der Waals surface area contributed by atoms with Gasteiger partial charge in [0.2, 0.25) is 0 Å². The van der Waals surface area contributed by atoms with E-state index in [0.717, 1.165) is 25.7 Å². The predicted octanol–water partition coefficient (Wildman–Crippen LogP) is 1.42. The smallest absolute Gasteiger partial charge is 0.302 e. The highest BCUT2D eigenvalue weighted by Gasteiger charge is 2.55. The highest BCUT2D eigenvalue weighted by Crippen LogP contribution is 2.57. The van der Waals surface area contributed by atoms with E-state index >= 15 is 0 Å². The second-order valence-corrected chi connectivity index (χ2v) is 4.78. The van der Waals surface area contributed by atoms with Gasteiger partial charge >= 0.3 is 11.9 Å². The summed E-state index contributed by atoms with van der Waals surface area (Å²) in [6.45, 7) is 2.88. The number of hydrogen-bond donors (Lipinski definition) is 0. The average Bonchev–Trinajstić information content (AvgIpc) is 1.94. The van der Waals surface area contributed by atoms with Crippen molar-refractivity contribution < 1.29 is 19.1 Å². The summed E-state index contributed by atoms with van der Waals surface area (Å²) in [7, 11) is 0. The number of hydrogen-bond acceptors (Lipinski definition) is 4. The van der Waals surface area contributed by atoms with Crippen LogP contribution in [0.2, 0.25) is 0 Å². The number of esters is 2. The van der Waals surface area contributed by atoms with Crippen molar-refractivity contribution in [2.45, 2.75) is 51.7 Å². The van der Waals surface area contributed by atoms with Crippen molar-refractivity contribution in [3.63, 3.8) is 0 Å². The molecule has 2 saturated carbocycles. The Labute approximate surface area is 88.9 Å². The maximum absolute atomic E-state index is 10.7. The zero-order valence-electron chi connectivity index (χ0n) is 9.12. The molecule has 0 heterocycles. The first-order chi connectivity index (χ1) is 6.99. The van der Waals surface area contributed by atoms with Gasteiger partial charge in [0.1, 0.15) is 12.2 Å². The van der Waals surface area contributed by atoms with E-state index in [4.69, 9.17) is 9.47 Å².